The Hall–Kier alpha value is -1.19. The molecular formula is C11H6ClFOS. The van der Waals surface area contributed by atoms with Crippen LogP contribution in [0.25, 0.3) is 0 Å². The molecule has 0 amide bonds. The van der Waals surface area contributed by atoms with E-state index in [1.807, 2.05) is 0 Å². The smallest absolute Gasteiger partial charge is 0.195 e. The van der Waals surface area contributed by atoms with Gasteiger partial charge in [-0.2, -0.15) is 11.3 Å². The average Bonchev–Trinajstić information content (AvgIpc) is 2.74. The lowest BCUT2D eigenvalue weighted by atomic mass is 10.1. The Morgan fingerprint density at radius 3 is 2.80 bits per heavy atom. The molecule has 76 valence electrons. The summed E-state index contributed by atoms with van der Waals surface area (Å²) in [7, 11) is 0. The van der Waals surface area contributed by atoms with Gasteiger partial charge >= 0.3 is 0 Å². The molecule has 1 aromatic carbocycles. The molecule has 0 aliphatic heterocycles. The van der Waals surface area contributed by atoms with E-state index >= 15 is 0 Å². The summed E-state index contributed by atoms with van der Waals surface area (Å²) in [4.78, 5) is 11.8. The van der Waals surface area contributed by atoms with Crippen LogP contribution in [0.4, 0.5) is 4.39 Å². The predicted octanol–water partition coefficient (Wildman–Crippen LogP) is 3.77. The van der Waals surface area contributed by atoms with Crippen LogP contribution in [0.15, 0.2) is 35.0 Å². The Kier molecular flexibility index (Phi) is 2.84. The van der Waals surface area contributed by atoms with Gasteiger partial charge in [0.15, 0.2) is 5.78 Å². The molecule has 2 aromatic rings. The molecule has 1 nitrogen and oxygen atoms in total. The molecule has 0 aliphatic carbocycles. The first-order valence-corrected chi connectivity index (χ1v) is 5.53. The number of carbonyl (C=O) groups is 1. The largest absolute Gasteiger partial charge is 0.289 e. The molecule has 1 aromatic heterocycles. The Labute approximate surface area is 95.1 Å². The summed E-state index contributed by atoms with van der Waals surface area (Å²) in [6, 6.07) is 5.91. The quantitative estimate of drug-likeness (QED) is 0.731. The molecule has 0 aliphatic rings. The van der Waals surface area contributed by atoms with Crippen LogP contribution in [-0.2, 0) is 0 Å². The van der Waals surface area contributed by atoms with E-state index in [1.54, 1.807) is 16.8 Å². The van der Waals surface area contributed by atoms with E-state index in [4.69, 9.17) is 11.6 Å². The van der Waals surface area contributed by atoms with Gasteiger partial charge in [-0.05, 0) is 23.6 Å². The van der Waals surface area contributed by atoms with Crippen molar-refractivity contribution >= 4 is 28.7 Å². The number of benzene rings is 1. The van der Waals surface area contributed by atoms with Gasteiger partial charge in [0.2, 0.25) is 0 Å². The highest BCUT2D eigenvalue weighted by Gasteiger charge is 2.15. The van der Waals surface area contributed by atoms with Crippen LogP contribution >= 0.6 is 22.9 Å². The highest BCUT2D eigenvalue weighted by molar-refractivity contribution is 7.08. The number of thiophene rings is 1. The minimum Gasteiger partial charge on any atom is -0.289 e. The van der Waals surface area contributed by atoms with Gasteiger partial charge in [0, 0.05) is 16.5 Å². The second-order valence-electron chi connectivity index (χ2n) is 2.94. The maximum atomic E-state index is 13.1. The number of halogens is 2. The summed E-state index contributed by atoms with van der Waals surface area (Å²) in [6.45, 7) is 0. The predicted molar refractivity (Wildman–Crippen MR) is 59.2 cm³/mol. The number of ketones is 1. The van der Waals surface area contributed by atoms with Crippen molar-refractivity contribution in [2.75, 3.05) is 0 Å². The number of hydrogen-bond acceptors (Lipinski definition) is 2. The second-order valence-corrected chi connectivity index (χ2v) is 4.10. The zero-order valence-electron chi connectivity index (χ0n) is 7.54. The third-order valence-electron chi connectivity index (χ3n) is 1.98. The summed E-state index contributed by atoms with van der Waals surface area (Å²) >= 11 is 7.13. The van der Waals surface area contributed by atoms with E-state index in [-0.39, 0.29) is 16.4 Å². The van der Waals surface area contributed by atoms with Crippen LogP contribution in [0.2, 0.25) is 5.02 Å². The maximum absolute atomic E-state index is 13.1. The van der Waals surface area contributed by atoms with Crippen LogP contribution in [-0.4, -0.2) is 5.78 Å². The number of rotatable bonds is 2. The molecule has 2 rings (SSSR count). The molecular weight excluding hydrogens is 235 g/mol. The van der Waals surface area contributed by atoms with Crippen molar-refractivity contribution in [2.45, 2.75) is 0 Å². The molecule has 1 heterocycles. The monoisotopic (exact) mass is 240 g/mol. The van der Waals surface area contributed by atoms with E-state index in [0.717, 1.165) is 0 Å². The zero-order chi connectivity index (χ0) is 10.8. The van der Waals surface area contributed by atoms with Gasteiger partial charge in [-0.15, -0.1) is 0 Å². The molecule has 0 fully saturated rings. The first-order chi connectivity index (χ1) is 7.20. The lowest BCUT2D eigenvalue weighted by Crippen LogP contribution is -2.01. The molecule has 0 saturated carbocycles. The van der Waals surface area contributed by atoms with Gasteiger partial charge in [0.1, 0.15) is 5.82 Å². The van der Waals surface area contributed by atoms with Crippen molar-refractivity contribution in [2.24, 2.45) is 0 Å². The fourth-order valence-electron chi connectivity index (χ4n) is 1.23. The van der Waals surface area contributed by atoms with E-state index in [1.165, 1.54) is 29.5 Å². The van der Waals surface area contributed by atoms with E-state index in [0.29, 0.717) is 5.56 Å². The van der Waals surface area contributed by atoms with E-state index in [2.05, 4.69) is 0 Å². The molecule has 0 bridgehead atoms. The minimum atomic E-state index is -0.572. The van der Waals surface area contributed by atoms with Crippen LogP contribution < -0.4 is 0 Å². The SMILES string of the molecule is O=C(c1ccsc1)c1cccc(F)c1Cl. The van der Waals surface area contributed by atoms with Gasteiger partial charge in [-0.3, -0.25) is 4.79 Å². The summed E-state index contributed by atoms with van der Waals surface area (Å²) < 4.78 is 13.1. The fraction of sp³-hybridized carbons (Fsp3) is 0. The Bertz CT molecular complexity index is 493. The highest BCUT2D eigenvalue weighted by Crippen LogP contribution is 2.23. The first-order valence-electron chi connectivity index (χ1n) is 4.21. The molecule has 0 N–H and O–H groups in total. The Morgan fingerprint density at radius 1 is 1.33 bits per heavy atom. The van der Waals surface area contributed by atoms with Crippen LogP contribution in [0.5, 0.6) is 0 Å². The van der Waals surface area contributed by atoms with E-state index < -0.39 is 5.82 Å². The van der Waals surface area contributed by atoms with Crippen molar-refractivity contribution in [3.63, 3.8) is 0 Å². The normalized spacial score (nSPS) is 10.3. The molecule has 0 spiro atoms. The van der Waals surface area contributed by atoms with Crippen molar-refractivity contribution in [1.29, 1.82) is 0 Å². The third-order valence-corrected chi connectivity index (χ3v) is 3.05. The standard InChI is InChI=1S/C11H6ClFOS/c12-10-8(2-1-3-9(10)13)11(14)7-4-5-15-6-7/h1-6H. The van der Waals surface area contributed by atoms with Gasteiger partial charge in [-0.1, -0.05) is 17.7 Å². The second kappa shape index (κ2) is 4.13. The van der Waals surface area contributed by atoms with Crippen LogP contribution in [0.1, 0.15) is 15.9 Å². The Morgan fingerprint density at radius 2 is 2.13 bits per heavy atom. The average molecular weight is 241 g/mol. The van der Waals surface area contributed by atoms with Crippen molar-refractivity contribution < 1.29 is 9.18 Å². The lowest BCUT2D eigenvalue weighted by Gasteiger charge is -2.01. The maximum Gasteiger partial charge on any atom is 0.195 e. The van der Waals surface area contributed by atoms with Crippen molar-refractivity contribution in [3.05, 3.63) is 57.0 Å². The summed E-state index contributed by atoms with van der Waals surface area (Å²) in [5.41, 5.74) is 0.738. The topological polar surface area (TPSA) is 17.1 Å². The third kappa shape index (κ3) is 1.94. The number of hydrogen-bond donors (Lipinski definition) is 0. The summed E-state index contributed by atoms with van der Waals surface area (Å²) in [5.74, 6) is -0.821. The molecule has 15 heavy (non-hydrogen) atoms. The molecule has 0 atom stereocenters. The molecule has 4 heteroatoms. The number of carbonyl (C=O) groups excluding carboxylic acids is 1. The molecule has 0 radical (unpaired) electrons. The van der Waals surface area contributed by atoms with Gasteiger partial charge < -0.3 is 0 Å². The van der Waals surface area contributed by atoms with Crippen LogP contribution in [0, 0.1) is 5.82 Å². The van der Waals surface area contributed by atoms with Gasteiger partial charge in [-0.25, -0.2) is 4.39 Å². The van der Waals surface area contributed by atoms with Gasteiger partial charge in [0.05, 0.1) is 5.02 Å². The molecule has 0 unspecified atom stereocenters. The summed E-state index contributed by atoms with van der Waals surface area (Å²) in [6.07, 6.45) is 0. The Balaban J connectivity index is 2.47. The van der Waals surface area contributed by atoms with Crippen molar-refractivity contribution in [1.82, 2.24) is 0 Å². The zero-order valence-corrected chi connectivity index (χ0v) is 9.11. The molecule has 0 saturated heterocycles. The fourth-order valence-corrected chi connectivity index (χ4v) is 2.08. The van der Waals surface area contributed by atoms with Crippen molar-refractivity contribution in [3.8, 4) is 0 Å². The van der Waals surface area contributed by atoms with Crippen LogP contribution in [0.3, 0.4) is 0 Å². The minimum absolute atomic E-state index is 0.117. The summed E-state index contributed by atoms with van der Waals surface area (Å²) in [5, 5.41) is 3.39. The lowest BCUT2D eigenvalue weighted by molar-refractivity contribution is 0.103. The first kappa shape index (κ1) is 10.3. The highest BCUT2D eigenvalue weighted by atomic mass is 35.5. The van der Waals surface area contributed by atoms with E-state index in [9.17, 15) is 9.18 Å². The van der Waals surface area contributed by atoms with Gasteiger partial charge in [0.25, 0.3) is 0 Å².